The topological polar surface area (TPSA) is 32.3 Å². The standard InChI is InChI=1S/C14H29NO/c1-11(2)9-15-10-14(4,16)13-7-5-6-12(3)8-13/h11-13,15-16H,5-10H2,1-4H3. The number of hydrogen-bond donors (Lipinski definition) is 2. The maximum absolute atomic E-state index is 10.5. The Bertz CT molecular complexity index is 201. The zero-order chi connectivity index (χ0) is 12.2. The summed E-state index contributed by atoms with van der Waals surface area (Å²) in [6, 6.07) is 0. The van der Waals surface area contributed by atoms with Crippen molar-refractivity contribution in [1.82, 2.24) is 5.32 Å². The maximum Gasteiger partial charge on any atom is 0.0771 e. The zero-order valence-corrected chi connectivity index (χ0v) is 11.4. The predicted octanol–water partition coefficient (Wildman–Crippen LogP) is 2.81. The summed E-state index contributed by atoms with van der Waals surface area (Å²) in [4.78, 5) is 0. The molecule has 0 saturated heterocycles. The van der Waals surface area contributed by atoms with E-state index in [9.17, 15) is 5.11 Å². The predicted molar refractivity (Wildman–Crippen MR) is 69.5 cm³/mol. The molecule has 3 unspecified atom stereocenters. The van der Waals surface area contributed by atoms with Crippen molar-refractivity contribution < 1.29 is 5.11 Å². The molecular weight excluding hydrogens is 198 g/mol. The van der Waals surface area contributed by atoms with Crippen molar-refractivity contribution in [2.45, 2.75) is 59.0 Å². The molecule has 0 aliphatic heterocycles. The Morgan fingerprint density at radius 2 is 2.06 bits per heavy atom. The fourth-order valence-electron chi connectivity index (χ4n) is 2.76. The number of hydrogen-bond acceptors (Lipinski definition) is 2. The van der Waals surface area contributed by atoms with Crippen LogP contribution in [0.15, 0.2) is 0 Å². The molecule has 0 aromatic heterocycles. The molecule has 0 aromatic rings. The Hall–Kier alpha value is -0.0800. The molecule has 96 valence electrons. The summed E-state index contributed by atoms with van der Waals surface area (Å²) in [6.07, 6.45) is 5.01. The van der Waals surface area contributed by atoms with Gasteiger partial charge in [0.05, 0.1) is 5.60 Å². The molecule has 1 aliphatic rings. The third-order valence-corrected chi connectivity index (χ3v) is 3.85. The van der Waals surface area contributed by atoms with Crippen LogP contribution >= 0.6 is 0 Å². The molecule has 0 spiro atoms. The van der Waals surface area contributed by atoms with E-state index in [0.717, 1.165) is 19.0 Å². The van der Waals surface area contributed by atoms with Crippen LogP contribution in [0.5, 0.6) is 0 Å². The van der Waals surface area contributed by atoms with Gasteiger partial charge in [-0.3, -0.25) is 0 Å². The monoisotopic (exact) mass is 227 g/mol. The summed E-state index contributed by atoms with van der Waals surface area (Å²) in [5.74, 6) is 1.92. The highest BCUT2D eigenvalue weighted by Crippen LogP contribution is 2.35. The van der Waals surface area contributed by atoms with E-state index >= 15 is 0 Å². The first-order valence-corrected chi connectivity index (χ1v) is 6.85. The van der Waals surface area contributed by atoms with Gasteiger partial charge in [-0.1, -0.05) is 33.6 Å². The Morgan fingerprint density at radius 3 is 2.62 bits per heavy atom. The summed E-state index contributed by atoms with van der Waals surface area (Å²) in [5.41, 5.74) is -0.524. The minimum atomic E-state index is -0.524. The van der Waals surface area contributed by atoms with Crippen LogP contribution in [0, 0.1) is 17.8 Å². The van der Waals surface area contributed by atoms with E-state index in [1.807, 2.05) is 6.92 Å². The molecule has 0 radical (unpaired) electrons. The Labute approximate surface area is 101 Å². The molecule has 0 heterocycles. The Morgan fingerprint density at radius 1 is 1.38 bits per heavy atom. The summed E-state index contributed by atoms with van der Waals surface area (Å²) in [7, 11) is 0. The fourth-order valence-corrected chi connectivity index (χ4v) is 2.76. The largest absolute Gasteiger partial charge is 0.389 e. The highest BCUT2D eigenvalue weighted by atomic mass is 16.3. The molecule has 2 nitrogen and oxygen atoms in total. The lowest BCUT2D eigenvalue weighted by Gasteiger charge is -2.38. The van der Waals surface area contributed by atoms with Gasteiger partial charge in [-0.05, 0) is 44.1 Å². The SMILES string of the molecule is CC(C)CNCC(C)(O)C1CCCC(C)C1. The minimum Gasteiger partial charge on any atom is -0.389 e. The maximum atomic E-state index is 10.5. The fraction of sp³-hybridized carbons (Fsp3) is 1.00. The van der Waals surface area contributed by atoms with Gasteiger partial charge in [-0.25, -0.2) is 0 Å². The lowest BCUT2D eigenvalue weighted by atomic mass is 9.74. The molecule has 1 rings (SSSR count). The van der Waals surface area contributed by atoms with Gasteiger partial charge in [-0.15, -0.1) is 0 Å². The van der Waals surface area contributed by atoms with Gasteiger partial charge < -0.3 is 10.4 Å². The zero-order valence-electron chi connectivity index (χ0n) is 11.4. The number of nitrogens with one attached hydrogen (secondary N) is 1. The van der Waals surface area contributed by atoms with Crippen molar-refractivity contribution in [3.05, 3.63) is 0 Å². The van der Waals surface area contributed by atoms with Gasteiger partial charge in [0.1, 0.15) is 0 Å². The van der Waals surface area contributed by atoms with Gasteiger partial charge in [-0.2, -0.15) is 0 Å². The molecule has 0 aromatic carbocycles. The van der Waals surface area contributed by atoms with E-state index in [1.165, 1.54) is 25.7 Å². The first-order valence-electron chi connectivity index (χ1n) is 6.85. The average Bonchev–Trinajstić information content (AvgIpc) is 2.16. The quantitative estimate of drug-likeness (QED) is 0.757. The highest BCUT2D eigenvalue weighted by molar-refractivity contribution is 4.87. The Kier molecular flexibility index (Phi) is 5.26. The first-order chi connectivity index (χ1) is 7.42. The lowest BCUT2D eigenvalue weighted by molar-refractivity contribution is -0.0232. The van der Waals surface area contributed by atoms with Gasteiger partial charge in [0.2, 0.25) is 0 Å². The van der Waals surface area contributed by atoms with Crippen molar-refractivity contribution in [2.24, 2.45) is 17.8 Å². The van der Waals surface area contributed by atoms with Crippen LogP contribution in [0.3, 0.4) is 0 Å². The molecule has 2 heteroatoms. The summed E-state index contributed by atoms with van der Waals surface area (Å²) in [5, 5.41) is 13.9. The van der Waals surface area contributed by atoms with Crippen LogP contribution in [-0.4, -0.2) is 23.8 Å². The highest BCUT2D eigenvalue weighted by Gasteiger charge is 2.34. The normalized spacial score (nSPS) is 30.4. The third-order valence-electron chi connectivity index (χ3n) is 3.85. The van der Waals surface area contributed by atoms with Gasteiger partial charge in [0, 0.05) is 6.54 Å². The van der Waals surface area contributed by atoms with Gasteiger partial charge >= 0.3 is 0 Å². The van der Waals surface area contributed by atoms with Crippen molar-refractivity contribution in [3.8, 4) is 0 Å². The van der Waals surface area contributed by atoms with Crippen LogP contribution in [0.1, 0.15) is 53.4 Å². The smallest absolute Gasteiger partial charge is 0.0771 e. The minimum absolute atomic E-state index is 0.482. The first kappa shape index (κ1) is 14.0. The van der Waals surface area contributed by atoms with Crippen LogP contribution in [0.25, 0.3) is 0 Å². The van der Waals surface area contributed by atoms with Crippen molar-refractivity contribution >= 4 is 0 Å². The van der Waals surface area contributed by atoms with Gasteiger partial charge in [0.25, 0.3) is 0 Å². The molecule has 16 heavy (non-hydrogen) atoms. The molecule has 0 bridgehead atoms. The number of rotatable bonds is 5. The van der Waals surface area contributed by atoms with Crippen LogP contribution in [-0.2, 0) is 0 Å². The molecule has 1 aliphatic carbocycles. The van der Waals surface area contributed by atoms with E-state index in [0.29, 0.717) is 11.8 Å². The van der Waals surface area contributed by atoms with Crippen LogP contribution < -0.4 is 5.32 Å². The van der Waals surface area contributed by atoms with E-state index in [2.05, 4.69) is 26.1 Å². The molecule has 3 atom stereocenters. The van der Waals surface area contributed by atoms with E-state index in [-0.39, 0.29) is 0 Å². The van der Waals surface area contributed by atoms with E-state index in [1.54, 1.807) is 0 Å². The van der Waals surface area contributed by atoms with Crippen molar-refractivity contribution in [3.63, 3.8) is 0 Å². The average molecular weight is 227 g/mol. The molecular formula is C14H29NO. The molecule has 1 fully saturated rings. The second kappa shape index (κ2) is 6.02. The second-order valence-electron chi connectivity index (χ2n) is 6.35. The van der Waals surface area contributed by atoms with Gasteiger partial charge in [0.15, 0.2) is 0 Å². The third kappa shape index (κ3) is 4.42. The summed E-state index contributed by atoms with van der Waals surface area (Å²) < 4.78 is 0. The second-order valence-corrected chi connectivity index (χ2v) is 6.35. The molecule has 0 amide bonds. The molecule has 2 N–H and O–H groups in total. The number of aliphatic hydroxyl groups is 1. The van der Waals surface area contributed by atoms with Crippen LogP contribution in [0.4, 0.5) is 0 Å². The van der Waals surface area contributed by atoms with Crippen LogP contribution in [0.2, 0.25) is 0 Å². The Balaban J connectivity index is 2.36. The lowest BCUT2D eigenvalue weighted by Crippen LogP contribution is -2.46. The van der Waals surface area contributed by atoms with E-state index < -0.39 is 5.60 Å². The molecule has 1 saturated carbocycles. The summed E-state index contributed by atoms with van der Waals surface area (Å²) in [6.45, 7) is 10.4. The van der Waals surface area contributed by atoms with E-state index in [4.69, 9.17) is 0 Å². The van der Waals surface area contributed by atoms with Crippen molar-refractivity contribution in [1.29, 1.82) is 0 Å². The summed E-state index contributed by atoms with van der Waals surface area (Å²) >= 11 is 0. The van der Waals surface area contributed by atoms with Crippen molar-refractivity contribution in [2.75, 3.05) is 13.1 Å².